The second-order valence-corrected chi connectivity index (χ2v) is 15.7. The van der Waals surface area contributed by atoms with Crippen molar-refractivity contribution in [2.45, 2.75) is 71.2 Å². The van der Waals surface area contributed by atoms with Gasteiger partial charge >= 0.3 is 6.09 Å². The first-order chi connectivity index (χ1) is 22.9. The standard InChI is InChI=1S/C37H46BrClN6O3/c1-25-6-5-7-26(18-25)22-44(15-14-42-13-12-40-24-42)35(46)32-23-43(16-17-45(32)36(47)48-37(2,3)4)34-31-11-10-30(39)20-27(31)8-9-28-19-29(38)21-41-33(28)34/h5-7,10-13,19-20,24-25,32,34,41H,8-9,14-18,21-23H2,1-4H3. The number of carbonyl (C=O) groups is 2. The Bertz CT molecular complexity index is 1640. The van der Waals surface area contributed by atoms with E-state index in [-0.39, 0.29) is 11.9 Å². The Morgan fingerprint density at radius 1 is 1.21 bits per heavy atom. The highest BCUT2D eigenvalue weighted by molar-refractivity contribution is 9.11. The predicted molar refractivity (Wildman–Crippen MR) is 193 cm³/mol. The van der Waals surface area contributed by atoms with Crippen molar-refractivity contribution in [3.8, 4) is 0 Å². The van der Waals surface area contributed by atoms with Crippen molar-refractivity contribution in [2.24, 2.45) is 5.92 Å². The van der Waals surface area contributed by atoms with Gasteiger partial charge in [-0.15, -0.1) is 0 Å². The van der Waals surface area contributed by atoms with E-state index in [1.807, 2.05) is 42.5 Å². The summed E-state index contributed by atoms with van der Waals surface area (Å²) in [6.07, 6.45) is 16.3. The van der Waals surface area contributed by atoms with E-state index in [4.69, 9.17) is 16.3 Å². The first-order valence-electron chi connectivity index (χ1n) is 16.9. The van der Waals surface area contributed by atoms with Crippen LogP contribution in [0.1, 0.15) is 57.7 Å². The maximum Gasteiger partial charge on any atom is 0.411 e. The summed E-state index contributed by atoms with van der Waals surface area (Å²) in [6.45, 7) is 11.4. The van der Waals surface area contributed by atoms with Crippen LogP contribution in [-0.4, -0.2) is 87.2 Å². The molecule has 0 saturated carbocycles. The molecule has 1 fully saturated rings. The average molecular weight is 738 g/mol. The molecule has 3 unspecified atom stereocenters. The number of fused-ring (bicyclic) bond motifs is 1. The molecule has 4 aliphatic rings. The van der Waals surface area contributed by atoms with E-state index in [0.717, 1.165) is 34.5 Å². The molecular formula is C37H46BrClN6O3. The second kappa shape index (κ2) is 14.6. The SMILES string of the molecule is CC1C=CC=C(CN(CCn2ccnc2)C(=O)C2CN(C3C4=C(C=C(Br)CN4)CCc4cc(Cl)ccc43)CCN2C(=O)OC(C)(C)C)C1. The van der Waals surface area contributed by atoms with Gasteiger partial charge in [-0.2, -0.15) is 0 Å². The largest absolute Gasteiger partial charge is 0.444 e. The fourth-order valence-electron chi connectivity index (χ4n) is 7.17. The van der Waals surface area contributed by atoms with Gasteiger partial charge in [0.15, 0.2) is 0 Å². The number of carbonyl (C=O) groups excluding carboxylic acids is 2. The zero-order valence-corrected chi connectivity index (χ0v) is 30.6. The molecule has 2 aliphatic heterocycles. The van der Waals surface area contributed by atoms with Gasteiger partial charge in [-0.3, -0.25) is 14.6 Å². The van der Waals surface area contributed by atoms with Crippen LogP contribution in [0.5, 0.6) is 0 Å². The maximum absolute atomic E-state index is 14.9. The highest BCUT2D eigenvalue weighted by atomic mass is 79.9. The highest BCUT2D eigenvalue weighted by Gasteiger charge is 2.43. The number of dihydropyridines is 1. The van der Waals surface area contributed by atoms with E-state index in [1.165, 1.54) is 22.3 Å². The Hall–Kier alpha value is -3.34. The molecule has 0 spiro atoms. The number of rotatable bonds is 7. The van der Waals surface area contributed by atoms with E-state index in [2.05, 4.69) is 74.5 Å². The molecule has 1 aromatic heterocycles. The molecule has 2 amide bonds. The van der Waals surface area contributed by atoms with Crippen molar-refractivity contribution in [2.75, 3.05) is 39.3 Å². The molecule has 2 aromatic rings. The number of aromatic nitrogens is 2. The van der Waals surface area contributed by atoms with Crippen molar-refractivity contribution in [1.82, 2.24) is 29.6 Å². The van der Waals surface area contributed by atoms with Gasteiger partial charge in [-0.1, -0.05) is 64.3 Å². The zero-order chi connectivity index (χ0) is 34.0. The monoisotopic (exact) mass is 736 g/mol. The topological polar surface area (TPSA) is 82.9 Å². The van der Waals surface area contributed by atoms with Gasteiger partial charge < -0.3 is 19.5 Å². The molecule has 1 saturated heterocycles. The Balaban J connectivity index is 1.36. The number of benzene rings is 1. The van der Waals surface area contributed by atoms with Crippen LogP contribution in [0.3, 0.4) is 0 Å². The Morgan fingerprint density at radius 3 is 2.79 bits per heavy atom. The lowest BCUT2D eigenvalue weighted by molar-refractivity contribution is -0.139. The molecule has 11 heteroatoms. The minimum atomic E-state index is -0.734. The van der Waals surface area contributed by atoms with Crippen molar-refractivity contribution in [3.63, 3.8) is 0 Å². The summed E-state index contributed by atoms with van der Waals surface area (Å²) in [6, 6.07) is 5.31. The molecule has 3 atom stereocenters. The molecule has 0 radical (unpaired) electrons. The van der Waals surface area contributed by atoms with E-state index >= 15 is 0 Å². The van der Waals surface area contributed by atoms with Crippen LogP contribution < -0.4 is 5.32 Å². The smallest absolute Gasteiger partial charge is 0.411 e. The minimum Gasteiger partial charge on any atom is -0.444 e. The summed E-state index contributed by atoms with van der Waals surface area (Å²) in [4.78, 5) is 38.9. The quantitative estimate of drug-likeness (QED) is 0.344. The summed E-state index contributed by atoms with van der Waals surface area (Å²) in [5, 5.41) is 4.42. The van der Waals surface area contributed by atoms with Gasteiger partial charge in [0.1, 0.15) is 11.6 Å². The summed E-state index contributed by atoms with van der Waals surface area (Å²) >= 11 is 10.2. The van der Waals surface area contributed by atoms with Crippen LogP contribution in [-0.2, 0) is 22.5 Å². The number of nitrogens with zero attached hydrogens (tertiary/aromatic N) is 5. The van der Waals surface area contributed by atoms with Crippen molar-refractivity contribution >= 4 is 39.5 Å². The molecule has 9 nitrogen and oxygen atoms in total. The third kappa shape index (κ3) is 8.09. The molecule has 48 heavy (non-hydrogen) atoms. The minimum absolute atomic E-state index is 0.0767. The molecule has 256 valence electrons. The Labute approximate surface area is 297 Å². The molecule has 1 N–H and O–H groups in total. The summed E-state index contributed by atoms with van der Waals surface area (Å²) < 4.78 is 9.00. The number of halogens is 2. The van der Waals surface area contributed by atoms with Crippen LogP contribution in [0, 0.1) is 5.92 Å². The van der Waals surface area contributed by atoms with Crippen LogP contribution >= 0.6 is 27.5 Å². The normalized spacial score (nSPS) is 23.0. The van der Waals surface area contributed by atoms with Gasteiger partial charge in [-0.25, -0.2) is 9.78 Å². The average Bonchev–Trinajstić information content (AvgIpc) is 3.51. The first kappa shape index (κ1) is 34.5. The number of imidazole rings is 1. The van der Waals surface area contributed by atoms with E-state index in [0.29, 0.717) is 51.7 Å². The van der Waals surface area contributed by atoms with Crippen LogP contribution in [0.25, 0.3) is 0 Å². The third-order valence-electron chi connectivity index (χ3n) is 9.40. The van der Waals surface area contributed by atoms with E-state index in [9.17, 15) is 9.59 Å². The highest BCUT2D eigenvalue weighted by Crippen LogP contribution is 2.40. The fraction of sp³-hybridized carbons (Fsp3) is 0.486. The summed E-state index contributed by atoms with van der Waals surface area (Å²) in [5.41, 5.74) is 5.30. The van der Waals surface area contributed by atoms with Gasteiger partial charge in [0, 0.05) is 73.4 Å². The molecule has 6 rings (SSSR count). The van der Waals surface area contributed by atoms with Crippen LogP contribution in [0.2, 0.25) is 5.02 Å². The van der Waals surface area contributed by atoms with Gasteiger partial charge in [0.05, 0.1) is 12.4 Å². The number of ether oxygens (including phenoxy) is 1. The number of hydrogen-bond acceptors (Lipinski definition) is 6. The number of nitrogens with one attached hydrogen (secondary N) is 1. The van der Waals surface area contributed by atoms with E-state index < -0.39 is 17.7 Å². The molecule has 3 heterocycles. The first-order valence-corrected chi connectivity index (χ1v) is 18.1. The third-order valence-corrected chi connectivity index (χ3v) is 10.1. The van der Waals surface area contributed by atoms with Crippen molar-refractivity contribution < 1.29 is 14.3 Å². The molecule has 1 aromatic carbocycles. The lowest BCUT2D eigenvalue weighted by Gasteiger charge is -2.46. The number of aryl methyl sites for hydroxylation is 1. The lowest BCUT2D eigenvalue weighted by atomic mass is 9.94. The molecule has 0 bridgehead atoms. The van der Waals surface area contributed by atoms with Gasteiger partial charge in [-0.05, 0) is 80.9 Å². The number of allylic oxidation sites excluding steroid dienone is 5. The Kier molecular flexibility index (Phi) is 10.5. The zero-order valence-electron chi connectivity index (χ0n) is 28.3. The Morgan fingerprint density at radius 2 is 2.04 bits per heavy atom. The predicted octanol–water partition coefficient (Wildman–Crippen LogP) is 6.63. The maximum atomic E-state index is 14.9. The number of amides is 2. The van der Waals surface area contributed by atoms with Crippen LogP contribution in [0.4, 0.5) is 4.79 Å². The number of piperazine rings is 1. The van der Waals surface area contributed by atoms with Gasteiger partial charge in [0.25, 0.3) is 0 Å². The molecular weight excluding hydrogens is 692 g/mol. The number of hydrogen-bond donors (Lipinski definition) is 1. The lowest BCUT2D eigenvalue weighted by Crippen LogP contribution is -2.62. The second-order valence-electron chi connectivity index (χ2n) is 14.3. The summed E-state index contributed by atoms with van der Waals surface area (Å²) in [5.74, 6) is 0.328. The van der Waals surface area contributed by atoms with Gasteiger partial charge in [0.2, 0.25) is 5.91 Å². The van der Waals surface area contributed by atoms with Crippen molar-refractivity contribution in [1.29, 1.82) is 0 Å². The van der Waals surface area contributed by atoms with Crippen molar-refractivity contribution in [3.05, 3.63) is 98.7 Å². The summed E-state index contributed by atoms with van der Waals surface area (Å²) in [7, 11) is 0. The molecule has 2 aliphatic carbocycles. The van der Waals surface area contributed by atoms with Crippen LogP contribution in [0.15, 0.2) is 82.5 Å². The fourth-order valence-corrected chi connectivity index (χ4v) is 7.78. The van der Waals surface area contributed by atoms with E-state index in [1.54, 1.807) is 17.4 Å².